The first-order chi connectivity index (χ1) is 12.8. The minimum absolute atomic E-state index is 0.00319. The fourth-order valence-electron chi connectivity index (χ4n) is 2.66. The summed E-state index contributed by atoms with van der Waals surface area (Å²) in [4.78, 5) is 4.24. The molecule has 0 bridgehead atoms. The van der Waals surface area contributed by atoms with Gasteiger partial charge in [-0.1, -0.05) is 17.7 Å². The number of halogens is 5. The molecule has 1 heterocycles. The van der Waals surface area contributed by atoms with Gasteiger partial charge in [-0.05, 0) is 51.3 Å². The first-order valence-electron chi connectivity index (χ1n) is 8.51. The molecule has 28 heavy (non-hydrogen) atoms. The highest BCUT2D eigenvalue weighted by molar-refractivity contribution is 7.84. The molecule has 1 saturated carbocycles. The van der Waals surface area contributed by atoms with Gasteiger partial charge in [0.15, 0.2) is 0 Å². The SMILES string of the molecule is CC(C)(C)S(=O)NC(c1ccc(F)c(Cl)c1)c1csc(C2(C(F)(F)F)CC2)n1. The van der Waals surface area contributed by atoms with Crippen molar-refractivity contribution in [3.63, 3.8) is 0 Å². The maximum absolute atomic E-state index is 13.6. The number of rotatable bonds is 5. The highest BCUT2D eigenvalue weighted by atomic mass is 35.5. The van der Waals surface area contributed by atoms with Crippen molar-refractivity contribution in [2.75, 3.05) is 0 Å². The fourth-order valence-corrected chi connectivity index (χ4v) is 4.80. The van der Waals surface area contributed by atoms with Gasteiger partial charge in [-0.2, -0.15) is 13.2 Å². The van der Waals surface area contributed by atoms with Crippen LogP contribution < -0.4 is 4.72 Å². The minimum atomic E-state index is -4.36. The summed E-state index contributed by atoms with van der Waals surface area (Å²) in [7, 11) is -1.54. The molecule has 2 unspecified atom stereocenters. The van der Waals surface area contributed by atoms with Gasteiger partial charge < -0.3 is 0 Å². The van der Waals surface area contributed by atoms with Crippen molar-refractivity contribution in [2.45, 2.75) is 56.0 Å². The standard InChI is InChI=1S/C18H19ClF4N2OS2/c1-16(2,3)28(26)25-14(10-4-5-12(20)11(19)8-10)13-9-27-15(24-13)17(6-7-17)18(21,22)23/h4-5,8-9,14,25H,6-7H2,1-3H3. The molecular formula is C18H19ClF4N2OS2. The van der Waals surface area contributed by atoms with Crippen LogP contribution in [-0.4, -0.2) is 20.1 Å². The lowest BCUT2D eigenvalue weighted by Gasteiger charge is -2.24. The Bertz CT molecular complexity index is 904. The maximum atomic E-state index is 13.6. The Hall–Kier alpha value is -1.03. The average Bonchev–Trinajstić information content (AvgIpc) is 3.26. The Balaban J connectivity index is 2.00. The van der Waals surface area contributed by atoms with Gasteiger partial charge in [0, 0.05) is 5.38 Å². The van der Waals surface area contributed by atoms with Crippen molar-refractivity contribution in [2.24, 2.45) is 0 Å². The maximum Gasteiger partial charge on any atom is 0.400 e. The van der Waals surface area contributed by atoms with Gasteiger partial charge in [0.1, 0.15) is 16.2 Å². The van der Waals surface area contributed by atoms with E-state index in [-0.39, 0.29) is 22.9 Å². The Labute approximate surface area is 172 Å². The van der Waals surface area contributed by atoms with E-state index in [0.29, 0.717) is 11.3 Å². The number of nitrogens with zero attached hydrogens (tertiary/aromatic N) is 1. The van der Waals surface area contributed by atoms with Gasteiger partial charge in [0.25, 0.3) is 0 Å². The van der Waals surface area contributed by atoms with Gasteiger partial charge in [-0.3, -0.25) is 0 Å². The Morgan fingerprint density at radius 3 is 2.43 bits per heavy atom. The van der Waals surface area contributed by atoms with Crippen molar-refractivity contribution in [1.29, 1.82) is 0 Å². The van der Waals surface area contributed by atoms with Crippen LogP contribution in [0.2, 0.25) is 5.02 Å². The van der Waals surface area contributed by atoms with Crippen molar-refractivity contribution in [1.82, 2.24) is 9.71 Å². The molecule has 1 N–H and O–H groups in total. The van der Waals surface area contributed by atoms with Crippen molar-refractivity contribution in [3.8, 4) is 0 Å². The lowest BCUT2D eigenvalue weighted by molar-refractivity contribution is -0.160. The lowest BCUT2D eigenvalue weighted by atomic mass is 10.0. The predicted octanol–water partition coefficient (Wildman–Crippen LogP) is 5.67. The minimum Gasteiger partial charge on any atom is -0.243 e. The van der Waals surface area contributed by atoms with Crippen molar-refractivity contribution < 1.29 is 21.8 Å². The number of hydrogen-bond acceptors (Lipinski definition) is 3. The highest BCUT2D eigenvalue weighted by Crippen LogP contribution is 2.59. The Morgan fingerprint density at radius 1 is 1.29 bits per heavy atom. The molecule has 0 saturated heterocycles. The molecule has 3 nitrogen and oxygen atoms in total. The third-order valence-electron chi connectivity index (χ3n) is 4.58. The van der Waals surface area contributed by atoms with Crippen LogP contribution in [-0.2, 0) is 16.4 Å². The molecule has 154 valence electrons. The summed E-state index contributed by atoms with van der Waals surface area (Å²) in [6.07, 6.45) is -4.34. The molecule has 3 rings (SSSR count). The van der Waals surface area contributed by atoms with Gasteiger partial charge in [-0.15, -0.1) is 11.3 Å². The largest absolute Gasteiger partial charge is 0.400 e. The number of thiazole rings is 1. The first-order valence-corrected chi connectivity index (χ1v) is 10.9. The average molecular weight is 455 g/mol. The molecular weight excluding hydrogens is 436 g/mol. The van der Waals surface area contributed by atoms with Crippen LogP contribution in [0.25, 0.3) is 0 Å². The molecule has 2 aromatic rings. The van der Waals surface area contributed by atoms with Crippen LogP contribution in [0.4, 0.5) is 17.6 Å². The Morgan fingerprint density at radius 2 is 1.93 bits per heavy atom. The van der Waals surface area contributed by atoms with Crippen LogP contribution in [0, 0.1) is 5.82 Å². The van der Waals surface area contributed by atoms with E-state index >= 15 is 0 Å². The summed E-state index contributed by atoms with van der Waals surface area (Å²) < 4.78 is 68.8. The monoisotopic (exact) mass is 454 g/mol. The summed E-state index contributed by atoms with van der Waals surface area (Å²) in [5.41, 5.74) is -1.11. The fraction of sp³-hybridized carbons (Fsp3) is 0.500. The number of benzene rings is 1. The summed E-state index contributed by atoms with van der Waals surface area (Å²) in [5.74, 6) is -0.617. The zero-order valence-electron chi connectivity index (χ0n) is 15.4. The van der Waals surface area contributed by atoms with Crippen LogP contribution >= 0.6 is 22.9 Å². The summed E-state index contributed by atoms with van der Waals surface area (Å²) in [5, 5.41) is 1.39. The molecule has 0 amide bonds. The second-order valence-electron chi connectivity index (χ2n) is 7.76. The summed E-state index contributed by atoms with van der Waals surface area (Å²) in [6.45, 7) is 5.29. The Kier molecular flexibility index (Phi) is 5.68. The number of nitrogens with one attached hydrogen (secondary N) is 1. The third kappa shape index (κ3) is 4.13. The molecule has 2 atom stereocenters. The molecule has 0 spiro atoms. The zero-order chi connectivity index (χ0) is 20.9. The predicted molar refractivity (Wildman–Crippen MR) is 103 cm³/mol. The van der Waals surface area contributed by atoms with Gasteiger partial charge in [0.2, 0.25) is 0 Å². The van der Waals surface area contributed by atoms with E-state index in [0.717, 1.165) is 17.4 Å². The van der Waals surface area contributed by atoms with Crippen LogP contribution in [0.3, 0.4) is 0 Å². The molecule has 1 aliphatic rings. The topological polar surface area (TPSA) is 42.0 Å². The molecule has 1 aromatic carbocycles. The van der Waals surface area contributed by atoms with E-state index in [1.807, 2.05) is 0 Å². The van der Waals surface area contributed by atoms with Crippen LogP contribution in [0.5, 0.6) is 0 Å². The van der Waals surface area contributed by atoms with Gasteiger partial charge >= 0.3 is 6.18 Å². The first kappa shape index (κ1) is 21.7. The van der Waals surface area contributed by atoms with Crippen molar-refractivity contribution in [3.05, 3.63) is 50.7 Å². The molecule has 10 heteroatoms. The molecule has 1 aliphatic carbocycles. The quantitative estimate of drug-likeness (QED) is 0.591. The van der Waals surface area contributed by atoms with Crippen LogP contribution in [0.15, 0.2) is 23.6 Å². The third-order valence-corrected chi connectivity index (χ3v) is 7.49. The van der Waals surface area contributed by atoms with Gasteiger partial charge in [-0.25, -0.2) is 18.3 Å². The highest BCUT2D eigenvalue weighted by Gasteiger charge is 2.66. The molecule has 0 radical (unpaired) electrons. The normalized spacial score (nSPS) is 18.7. The zero-order valence-corrected chi connectivity index (χ0v) is 17.8. The molecule has 1 fully saturated rings. The smallest absolute Gasteiger partial charge is 0.243 e. The van der Waals surface area contributed by atoms with E-state index in [1.165, 1.54) is 17.5 Å². The van der Waals surface area contributed by atoms with Gasteiger partial charge in [0.05, 0.1) is 32.5 Å². The van der Waals surface area contributed by atoms with E-state index < -0.39 is 39.2 Å². The number of alkyl halides is 3. The van der Waals surface area contributed by atoms with E-state index in [2.05, 4.69) is 9.71 Å². The van der Waals surface area contributed by atoms with E-state index in [1.54, 1.807) is 20.8 Å². The van der Waals surface area contributed by atoms with Crippen LogP contribution in [0.1, 0.15) is 55.9 Å². The van der Waals surface area contributed by atoms with E-state index in [9.17, 15) is 21.8 Å². The second kappa shape index (κ2) is 7.34. The lowest BCUT2D eigenvalue weighted by Crippen LogP contribution is -2.36. The molecule has 1 aromatic heterocycles. The number of aromatic nitrogens is 1. The number of hydrogen-bond donors (Lipinski definition) is 1. The summed E-state index contributed by atoms with van der Waals surface area (Å²) in [6, 6.07) is 3.20. The second-order valence-corrected chi connectivity index (χ2v) is 11.0. The summed E-state index contributed by atoms with van der Waals surface area (Å²) >= 11 is 6.81. The van der Waals surface area contributed by atoms with E-state index in [4.69, 9.17) is 11.6 Å². The molecule has 0 aliphatic heterocycles. The van der Waals surface area contributed by atoms with Crippen molar-refractivity contribution >= 4 is 33.9 Å².